The number of nitrogens with two attached hydrogens (primary N) is 1. The summed E-state index contributed by atoms with van der Waals surface area (Å²) >= 11 is 0. The Bertz CT molecular complexity index is 404. The van der Waals surface area contributed by atoms with Crippen LogP contribution in [0.4, 0.5) is 10.1 Å². The Morgan fingerprint density at radius 1 is 1.47 bits per heavy atom. The first-order valence-electron chi connectivity index (χ1n) is 5.69. The summed E-state index contributed by atoms with van der Waals surface area (Å²) < 4.78 is 18.4. The summed E-state index contributed by atoms with van der Waals surface area (Å²) in [6, 6.07) is 4.44. The predicted octanol–water partition coefficient (Wildman–Crippen LogP) is 2.71. The Kier molecular flexibility index (Phi) is 4.49. The molecular weight excluding hydrogens is 221 g/mol. The second kappa shape index (κ2) is 5.66. The summed E-state index contributed by atoms with van der Waals surface area (Å²) in [7, 11) is 0. The number of rotatable bonds is 4. The van der Waals surface area contributed by atoms with E-state index in [0.717, 1.165) is 0 Å². The topological polar surface area (TPSA) is 52.3 Å². The predicted molar refractivity (Wildman–Crippen MR) is 65.0 cm³/mol. The molecule has 0 aliphatic carbocycles. The van der Waals surface area contributed by atoms with Gasteiger partial charge in [-0.2, -0.15) is 0 Å². The van der Waals surface area contributed by atoms with E-state index in [1.165, 1.54) is 12.1 Å². The van der Waals surface area contributed by atoms with Crippen molar-refractivity contribution < 1.29 is 13.9 Å². The highest BCUT2D eigenvalue weighted by Gasteiger charge is 2.26. The third kappa shape index (κ3) is 3.19. The number of esters is 1. The summed E-state index contributed by atoms with van der Waals surface area (Å²) in [4.78, 5) is 11.8. The second-order valence-corrected chi connectivity index (χ2v) is 4.25. The number of ether oxygens (including phenoxy) is 1. The normalized spacial score (nSPS) is 12.5. The highest BCUT2D eigenvalue weighted by atomic mass is 19.1. The highest BCUT2D eigenvalue weighted by molar-refractivity contribution is 5.78. The number of hydrogen-bond donors (Lipinski definition) is 1. The van der Waals surface area contributed by atoms with E-state index in [1.807, 2.05) is 13.8 Å². The molecule has 0 aromatic heterocycles. The van der Waals surface area contributed by atoms with Crippen molar-refractivity contribution in [3.63, 3.8) is 0 Å². The van der Waals surface area contributed by atoms with Crippen LogP contribution in [-0.2, 0) is 9.53 Å². The van der Waals surface area contributed by atoms with E-state index in [4.69, 9.17) is 10.5 Å². The van der Waals surface area contributed by atoms with E-state index in [-0.39, 0.29) is 17.6 Å². The van der Waals surface area contributed by atoms with Gasteiger partial charge in [-0.3, -0.25) is 4.79 Å². The smallest absolute Gasteiger partial charge is 0.313 e. The van der Waals surface area contributed by atoms with Crippen LogP contribution in [0.2, 0.25) is 0 Å². The van der Waals surface area contributed by atoms with Crippen LogP contribution in [0.25, 0.3) is 0 Å². The van der Waals surface area contributed by atoms with Crippen molar-refractivity contribution >= 4 is 11.7 Å². The number of hydrogen-bond acceptors (Lipinski definition) is 3. The second-order valence-electron chi connectivity index (χ2n) is 4.25. The molecule has 0 fully saturated rings. The minimum absolute atomic E-state index is 0.0390. The molecule has 0 spiro atoms. The lowest BCUT2D eigenvalue weighted by Crippen LogP contribution is -2.21. The zero-order valence-electron chi connectivity index (χ0n) is 10.4. The van der Waals surface area contributed by atoms with Crippen molar-refractivity contribution in [3.8, 4) is 0 Å². The number of halogens is 1. The minimum atomic E-state index is -0.502. The van der Waals surface area contributed by atoms with Crippen molar-refractivity contribution in [3.05, 3.63) is 29.6 Å². The van der Waals surface area contributed by atoms with Gasteiger partial charge in [-0.25, -0.2) is 4.39 Å². The Balaban J connectivity index is 3.05. The Labute approximate surface area is 101 Å². The van der Waals surface area contributed by atoms with Gasteiger partial charge in [-0.05, 0) is 30.5 Å². The molecule has 1 aromatic rings. The van der Waals surface area contributed by atoms with Crippen molar-refractivity contribution in [2.45, 2.75) is 26.7 Å². The fraction of sp³-hybridized carbons (Fsp3) is 0.462. The summed E-state index contributed by atoms with van der Waals surface area (Å²) in [6.45, 7) is 5.87. The molecule has 1 rings (SSSR count). The standard InChI is InChI=1S/C13H18FNO2/c1-4-17-13(16)12(8(2)3)9-5-6-11(15)10(14)7-9/h5-8,12H,4,15H2,1-3H3. The zero-order valence-corrected chi connectivity index (χ0v) is 10.4. The van der Waals surface area contributed by atoms with Gasteiger partial charge >= 0.3 is 5.97 Å². The van der Waals surface area contributed by atoms with Gasteiger partial charge in [0.2, 0.25) is 0 Å². The Morgan fingerprint density at radius 2 is 2.12 bits per heavy atom. The fourth-order valence-corrected chi connectivity index (χ4v) is 1.76. The van der Waals surface area contributed by atoms with Crippen molar-refractivity contribution in [2.75, 3.05) is 12.3 Å². The molecule has 17 heavy (non-hydrogen) atoms. The molecule has 94 valence electrons. The minimum Gasteiger partial charge on any atom is -0.466 e. The van der Waals surface area contributed by atoms with E-state index in [2.05, 4.69) is 0 Å². The van der Waals surface area contributed by atoms with E-state index < -0.39 is 11.7 Å². The Morgan fingerprint density at radius 3 is 2.59 bits per heavy atom. The number of nitrogen functional groups attached to an aromatic ring is 1. The van der Waals surface area contributed by atoms with E-state index in [9.17, 15) is 9.18 Å². The van der Waals surface area contributed by atoms with Crippen LogP contribution < -0.4 is 5.73 Å². The third-order valence-corrected chi connectivity index (χ3v) is 2.59. The molecule has 0 saturated heterocycles. The number of anilines is 1. The zero-order chi connectivity index (χ0) is 13.0. The molecular formula is C13H18FNO2. The van der Waals surface area contributed by atoms with Gasteiger partial charge in [0.15, 0.2) is 0 Å². The van der Waals surface area contributed by atoms with Gasteiger partial charge in [-0.15, -0.1) is 0 Å². The first-order valence-corrected chi connectivity index (χ1v) is 5.69. The van der Waals surface area contributed by atoms with Gasteiger partial charge in [0.25, 0.3) is 0 Å². The maximum Gasteiger partial charge on any atom is 0.313 e. The van der Waals surface area contributed by atoms with Crippen LogP contribution in [0.5, 0.6) is 0 Å². The van der Waals surface area contributed by atoms with Gasteiger partial charge in [0.1, 0.15) is 5.82 Å². The monoisotopic (exact) mass is 239 g/mol. The molecule has 0 amide bonds. The third-order valence-electron chi connectivity index (χ3n) is 2.59. The maximum absolute atomic E-state index is 13.4. The first-order chi connectivity index (χ1) is 7.97. The molecule has 2 N–H and O–H groups in total. The molecule has 0 aliphatic rings. The van der Waals surface area contributed by atoms with Crippen molar-refractivity contribution in [1.29, 1.82) is 0 Å². The highest BCUT2D eigenvalue weighted by Crippen LogP contribution is 2.27. The van der Waals surface area contributed by atoms with Crippen LogP contribution >= 0.6 is 0 Å². The van der Waals surface area contributed by atoms with Crippen LogP contribution in [0.15, 0.2) is 18.2 Å². The van der Waals surface area contributed by atoms with Crippen LogP contribution in [-0.4, -0.2) is 12.6 Å². The summed E-state index contributed by atoms with van der Waals surface area (Å²) in [5.74, 6) is -1.24. The molecule has 1 atom stereocenters. The van der Waals surface area contributed by atoms with Crippen LogP contribution in [0.3, 0.4) is 0 Å². The average Bonchev–Trinajstić information content (AvgIpc) is 2.23. The lowest BCUT2D eigenvalue weighted by atomic mass is 9.88. The lowest BCUT2D eigenvalue weighted by molar-refractivity contribution is -0.146. The van der Waals surface area contributed by atoms with Crippen LogP contribution in [0.1, 0.15) is 32.3 Å². The Hall–Kier alpha value is -1.58. The largest absolute Gasteiger partial charge is 0.466 e. The molecule has 0 aliphatic heterocycles. The van der Waals surface area contributed by atoms with Gasteiger partial charge < -0.3 is 10.5 Å². The van der Waals surface area contributed by atoms with E-state index in [1.54, 1.807) is 13.0 Å². The molecule has 0 radical (unpaired) electrons. The number of carbonyl (C=O) groups is 1. The van der Waals surface area contributed by atoms with Gasteiger partial charge in [0.05, 0.1) is 18.2 Å². The van der Waals surface area contributed by atoms with Crippen molar-refractivity contribution in [1.82, 2.24) is 0 Å². The molecule has 3 nitrogen and oxygen atoms in total. The average molecular weight is 239 g/mol. The fourth-order valence-electron chi connectivity index (χ4n) is 1.76. The first kappa shape index (κ1) is 13.5. The number of carbonyl (C=O) groups excluding carboxylic acids is 1. The molecule has 4 heteroatoms. The molecule has 0 heterocycles. The van der Waals surface area contributed by atoms with Gasteiger partial charge in [0, 0.05) is 0 Å². The molecule has 0 bridgehead atoms. The lowest BCUT2D eigenvalue weighted by Gasteiger charge is -2.19. The van der Waals surface area contributed by atoms with E-state index >= 15 is 0 Å². The molecule has 1 aromatic carbocycles. The maximum atomic E-state index is 13.4. The van der Waals surface area contributed by atoms with Crippen LogP contribution in [0, 0.1) is 11.7 Å². The van der Waals surface area contributed by atoms with E-state index in [0.29, 0.717) is 12.2 Å². The summed E-state index contributed by atoms with van der Waals surface area (Å²) in [5.41, 5.74) is 6.09. The molecule has 1 unspecified atom stereocenters. The quantitative estimate of drug-likeness (QED) is 0.649. The summed E-state index contributed by atoms with van der Waals surface area (Å²) in [5, 5.41) is 0. The SMILES string of the molecule is CCOC(=O)C(c1ccc(N)c(F)c1)C(C)C. The molecule has 0 saturated carbocycles. The number of benzene rings is 1. The summed E-state index contributed by atoms with van der Waals surface area (Å²) in [6.07, 6.45) is 0. The van der Waals surface area contributed by atoms with Crippen molar-refractivity contribution in [2.24, 2.45) is 5.92 Å². The van der Waals surface area contributed by atoms with Gasteiger partial charge in [-0.1, -0.05) is 19.9 Å².